The van der Waals surface area contributed by atoms with Gasteiger partial charge in [-0.2, -0.15) is 0 Å². The van der Waals surface area contributed by atoms with Gasteiger partial charge in [0.25, 0.3) is 5.91 Å². The number of aliphatic imine (C=N–C) groups is 1. The third-order valence-electron chi connectivity index (χ3n) is 5.50. The molecule has 178 valence electrons. The van der Waals surface area contributed by atoms with Crippen molar-refractivity contribution in [2.24, 2.45) is 4.99 Å². The third-order valence-corrected chi connectivity index (χ3v) is 5.50. The Kier molecular flexibility index (Phi) is 11.4. The molecule has 7 heteroatoms. The largest absolute Gasteiger partial charge is 0.357 e. The Morgan fingerprint density at radius 2 is 1.70 bits per heavy atom. The summed E-state index contributed by atoms with van der Waals surface area (Å²) in [5.41, 5.74) is 3.04. The van der Waals surface area contributed by atoms with E-state index in [1.807, 2.05) is 30.3 Å². The quantitative estimate of drug-likeness (QED) is 0.318. The molecule has 0 unspecified atom stereocenters. The Labute approximate surface area is 215 Å². The highest BCUT2D eigenvalue weighted by Gasteiger charge is 2.18. The van der Waals surface area contributed by atoms with Gasteiger partial charge in [0.2, 0.25) is 0 Å². The van der Waals surface area contributed by atoms with E-state index in [9.17, 15) is 4.79 Å². The third kappa shape index (κ3) is 8.47. The van der Waals surface area contributed by atoms with E-state index in [-0.39, 0.29) is 29.9 Å². The van der Waals surface area contributed by atoms with Crippen LogP contribution in [0, 0.1) is 0 Å². The minimum atomic E-state index is 0. The molecular formula is C26H36IN5O. The molecular weight excluding hydrogens is 525 g/mol. The molecule has 1 aliphatic heterocycles. The first-order valence-corrected chi connectivity index (χ1v) is 11.3. The van der Waals surface area contributed by atoms with Gasteiger partial charge >= 0.3 is 0 Å². The van der Waals surface area contributed by atoms with E-state index < -0.39 is 0 Å². The number of hydrogen-bond donors (Lipinski definition) is 1. The number of rotatable bonds is 7. The van der Waals surface area contributed by atoms with Crippen molar-refractivity contribution in [3.05, 3.63) is 77.4 Å². The van der Waals surface area contributed by atoms with Crippen molar-refractivity contribution in [1.82, 2.24) is 20.0 Å². The van der Waals surface area contributed by atoms with E-state index in [4.69, 9.17) is 4.99 Å². The van der Waals surface area contributed by atoms with Crippen molar-refractivity contribution >= 4 is 41.9 Å². The minimum absolute atomic E-state index is 0. The van der Waals surface area contributed by atoms with Gasteiger partial charge in [-0.05, 0) is 30.2 Å². The Morgan fingerprint density at radius 3 is 2.30 bits per heavy atom. The second kappa shape index (κ2) is 14.0. The van der Waals surface area contributed by atoms with Gasteiger partial charge in [-0.3, -0.25) is 9.69 Å². The molecule has 6 nitrogen and oxygen atoms in total. The Balaban J connectivity index is 0.00000385. The lowest BCUT2D eigenvalue weighted by Gasteiger charge is -2.36. The summed E-state index contributed by atoms with van der Waals surface area (Å²) in [7, 11) is 3.53. The highest BCUT2D eigenvalue weighted by Crippen LogP contribution is 2.09. The number of piperazine rings is 1. The second-order valence-electron chi connectivity index (χ2n) is 8.17. The molecule has 0 aromatic heterocycles. The van der Waals surface area contributed by atoms with E-state index >= 15 is 0 Å². The zero-order valence-electron chi connectivity index (χ0n) is 19.9. The van der Waals surface area contributed by atoms with Gasteiger partial charge in [-0.1, -0.05) is 54.6 Å². The van der Waals surface area contributed by atoms with Crippen molar-refractivity contribution in [2.75, 3.05) is 53.4 Å². The molecule has 1 heterocycles. The maximum absolute atomic E-state index is 12.1. The lowest BCUT2D eigenvalue weighted by atomic mass is 10.1. The molecule has 2 aromatic carbocycles. The number of carbonyl (C=O) groups excluding carboxylic acids is 1. The van der Waals surface area contributed by atoms with Gasteiger partial charge in [0, 0.05) is 58.9 Å². The first kappa shape index (κ1) is 26.9. The van der Waals surface area contributed by atoms with Crippen molar-refractivity contribution in [3.8, 4) is 0 Å². The number of nitrogens with zero attached hydrogens (tertiary/aromatic N) is 4. The fourth-order valence-electron chi connectivity index (χ4n) is 3.65. The van der Waals surface area contributed by atoms with Gasteiger partial charge < -0.3 is 15.1 Å². The summed E-state index contributed by atoms with van der Waals surface area (Å²) in [6.07, 6.45) is 4.43. The summed E-state index contributed by atoms with van der Waals surface area (Å²) in [5.74, 6) is 0.977. The molecule has 1 fully saturated rings. The zero-order chi connectivity index (χ0) is 22.8. The molecule has 1 N–H and O–H groups in total. The molecule has 2 aromatic rings. The Bertz CT molecular complexity index is 904. The van der Waals surface area contributed by atoms with Crippen LogP contribution in [-0.4, -0.2) is 79.9 Å². The molecule has 0 aliphatic carbocycles. The van der Waals surface area contributed by atoms with Gasteiger partial charge in [0.05, 0.1) is 6.54 Å². The van der Waals surface area contributed by atoms with Crippen LogP contribution in [0.5, 0.6) is 0 Å². The average molecular weight is 562 g/mol. The molecule has 0 radical (unpaired) electrons. The number of amides is 1. The van der Waals surface area contributed by atoms with E-state index in [2.05, 4.69) is 58.5 Å². The summed E-state index contributed by atoms with van der Waals surface area (Å²) in [5, 5.41) is 3.43. The van der Waals surface area contributed by atoms with E-state index in [0.29, 0.717) is 12.1 Å². The second-order valence-corrected chi connectivity index (χ2v) is 8.17. The number of guanidine groups is 1. The highest BCUT2D eigenvalue weighted by atomic mass is 127. The highest BCUT2D eigenvalue weighted by molar-refractivity contribution is 14.0. The van der Waals surface area contributed by atoms with E-state index in [0.717, 1.165) is 50.8 Å². The molecule has 3 rings (SSSR count). The van der Waals surface area contributed by atoms with Crippen LogP contribution in [0.2, 0.25) is 0 Å². The van der Waals surface area contributed by atoms with Crippen LogP contribution < -0.4 is 5.32 Å². The van der Waals surface area contributed by atoms with Crippen LogP contribution in [0.1, 0.15) is 28.4 Å². The van der Waals surface area contributed by atoms with Crippen LogP contribution in [0.25, 0.3) is 6.08 Å². The molecule has 33 heavy (non-hydrogen) atoms. The van der Waals surface area contributed by atoms with Crippen LogP contribution >= 0.6 is 24.0 Å². The monoisotopic (exact) mass is 561 g/mol. The maximum atomic E-state index is 12.1. The topological polar surface area (TPSA) is 51.2 Å². The fourth-order valence-corrected chi connectivity index (χ4v) is 3.65. The minimum Gasteiger partial charge on any atom is -0.357 e. The van der Waals surface area contributed by atoms with Crippen molar-refractivity contribution in [3.63, 3.8) is 0 Å². The molecule has 1 saturated heterocycles. The molecule has 1 aliphatic rings. The molecule has 0 saturated carbocycles. The van der Waals surface area contributed by atoms with E-state index in [1.54, 1.807) is 19.0 Å². The Hall–Kier alpha value is -2.39. The van der Waals surface area contributed by atoms with Crippen LogP contribution in [0.4, 0.5) is 0 Å². The normalized spacial score (nSPS) is 14.8. The molecule has 1 amide bonds. The molecule has 0 atom stereocenters. The van der Waals surface area contributed by atoms with Gasteiger partial charge in [-0.25, -0.2) is 4.99 Å². The van der Waals surface area contributed by atoms with Crippen LogP contribution in [-0.2, 0) is 6.54 Å². The average Bonchev–Trinajstić information content (AvgIpc) is 2.83. The predicted octanol–water partition coefficient (Wildman–Crippen LogP) is 3.80. The van der Waals surface area contributed by atoms with Crippen molar-refractivity contribution < 1.29 is 4.79 Å². The number of halogens is 1. The molecule has 0 bridgehead atoms. The van der Waals surface area contributed by atoms with Gasteiger partial charge in [0.1, 0.15) is 0 Å². The van der Waals surface area contributed by atoms with Crippen molar-refractivity contribution in [1.29, 1.82) is 0 Å². The SMILES string of the molecule is CCNC(=NCc1ccc(C(=O)N(C)C)cc1)N1CCN(C/C=C/c2ccccc2)CC1.I. The summed E-state index contributed by atoms with van der Waals surface area (Å²) in [6.45, 7) is 8.46. The molecule has 0 spiro atoms. The van der Waals surface area contributed by atoms with Crippen LogP contribution in [0.15, 0.2) is 65.7 Å². The van der Waals surface area contributed by atoms with E-state index in [1.165, 1.54) is 5.56 Å². The number of carbonyl (C=O) groups is 1. The van der Waals surface area contributed by atoms with Gasteiger partial charge in [-0.15, -0.1) is 24.0 Å². The predicted molar refractivity (Wildman–Crippen MR) is 148 cm³/mol. The zero-order valence-corrected chi connectivity index (χ0v) is 22.2. The summed E-state index contributed by atoms with van der Waals surface area (Å²) >= 11 is 0. The number of hydrogen-bond acceptors (Lipinski definition) is 3. The van der Waals surface area contributed by atoms with Crippen LogP contribution in [0.3, 0.4) is 0 Å². The van der Waals surface area contributed by atoms with Gasteiger partial charge in [0.15, 0.2) is 5.96 Å². The first-order valence-electron chi connectivity index (χ1n) is 11.3. The number of benzene rings is 2. The first-order chi connectivity index (χ1) is 15.6. The smallest absolute Gasteiger partial charge is 0.253 e. The summed E-state index contributed by atoms with van der Waals surface area (Å²) in [4.78, 5) is 23.3. The summed E-state index contributed by atoms with van der Waals surface area (Å²) in [6, 6.07) is 18.2. The standard InChI is InChI=1S/C26H35N5O.HI/c1-4-27-26(28-21-23-12-14-24(15-13-23)25(32)29(2)3)31-19-17-30(18-20-31)16-8-11-22-9-6-5-7-10-22;/h5-15H,4,16-21H2,1-3H3,(H,27,28);1H/b11-8+;. The number of nitrogens with one attached hydrogen (secondary N) is 1. The van der Waals surface area contributed by atoms with Crippen molar-refractivity contribution in [2.45, 2.75) is 13.5 Å². The fraction of sp³-hybridized carbons (Fsp3) is 0.385. The lowest BCUT2D eigenvalue weighted by molar-refractivity contribution is 0.0827. The summed E-state index contributed by atoms with van der Waals surface area (Å²) < 4.78 is 0. The lowest BCUT2D eigenvalue weighted by Crippen LogP contribution is -2.52. The Morgan fingerprint density at radius 1 is 1.03 bits per heavy atom. The maximum Gasteiger partial charge on any atom is 0.253 e.